The predicted molar refractivity (Wildman–Crippen MR) is 149 cm³/mol. The zero-order valence-electron chi connectivity index (χ0n) is 25.2. The molecule has 0 aliphatic carbocycles. The number of hydrogen-bond donors (Lipinski definition) is 1. The molecule has 17 nitrogen and oxygen atoms in total. The molecule has 2 N–H and O–H groups in total. The van der Waals surface area contributed by atoms with Crippen molar-refractivity contribution in [1.29, 1.82) is 0 Å². The first-order valence-electron chi connectivity index (χ1n) is 13.5. The molecule has 44 heavy (non-hydrogen) atoms. The van der Waals surface area contributed by atoms with Crippen LogP contribution in [-0.2, 0) is 41.8 Å². The average molecular weight is 650 g/mol. The molecule has 246 valence electrons. The number of nitrogens with zero attached hydrogens (tertiary/aromatic N) is 4. The van der Waals surface area contributed by atoms with E-state index in [9.17, 15) is 14.2 Å². The zero-order valence-corrected chi connectivity index (χ0v) is 26.1. The van der Waals surface area contributed by atoms with Gasteiger partial charge >= 0.3 is 20.1 Å². The van der Waals surface area contributed by atoms with Crippen molar-refractivity contribution >= 4 is 37.2 Å². The van der Waals surface area contributed by atoms with Crippen molar-refractivity contribution in [2.24, 2.45) is 0 Å². The zero-order chi connectivity index (χ0) is 32.7. The van der Waals surface area contributed by atoms with Gasteiger partial charge in [-0.1, -0.05) is 6.58 Å². The largest absolute Gasteiger partial charge is 0.510 e. The van der Waals surface area contributed by atoms with Crippen molar-refractivity contribution in [3.05, 3.63) is 18.5 Å². The van der Waals surface area contributed by atoms with E-state index in [4.69, 9.17) is 47.7 Å². The highest BCUT2D eigenvalue weighted by atomic mass is 31.2. The van der Waals surface area contributed by atoms with Gasteiger partial charge in [-0.3, -0.25) is 9.09 Å². The van der Waals surface area contributed by atoms with Crippen LogP contribution in [0.2, 0.25) is 0 Å². The van der Waals surface area contributed by atoms with Crippen LogP contribution in [0.25, 0.3) is 11.2 Å². The summed E-state index contributed by atoms with van der Waals surface area (Å²) in [4.78, 5) is 35.9. The molecule has 2 aromatic heterocycles. The van der Waals surface area contributed by atoms with Crippen LogP contribution < -0.4 is 10.5 Å². The van der Waals surface area contributed by atoms with E-state index in [2.05, 4.69) is 21.5 Å². The number of nitrogens with two attached hydrogens (primary N) is 1. The summed E-state index contributed by atoms with van der Waals surface area (Å²) in [6.07, 6.45) is -5.20. The Hall–Kier alpha value is -3.57. The Morgan fingerprint density at radius 3 is 2.25 bits per heavy atom. The van der Waals surface area contributed by atoms with E-state index < -0.39 is 70.5 Å². The number of aromatic nitrogens is 4. The molecule has 3 atom stereocenters. The van der Waals surface area contributed by atoms with Crippen molar-refractivity contribution in [2.45, 2.75) is 78.2 Å². The number of alkyl halides is 1. The molecular weight excluding hydrogens is 612 g/mol. The van der Waals surface area contributed by atoms with Crippen molar-refractivity contribution in [3.8, 4) is 5.88 Å². The highest BCUT2D eigenvalue weighted by Crippen LogP contribution is 2.53. The lowest BCUT2D eigenvalue weighted by atomic mass is 9.93. The van der Waals surface area contributed by atoms with Gasteiger partial charge < -0.3 is 34.2 Å². The lowest BCUT2D eigenvalue weighted by Crippen LogP contribution is -2.35. The molecule has 1 aliphatic rings. The number of anilines is 1. The van der Waals surface area contributed by atoms with Gasteiger partial charge in [-0.2, -0.15) is 9.97 Å². The monoisotopic (exact) mass is 649 g/mol. The molecule has 0 saturated carbocycles. The Morgan fingerprint density at radius 1 is 1.14 bits per heavy atom. The number of nitrogen functional groups attached to an aromatic ring is 1. The van der Waals surface area contributed by atoms with Gasteiger partial charge in [0.2, 0.25) is 25.4 Å². The van der Waals surface area contributed by atoms with Crippen LogP contribution in [0.1, 0.15) is 54.2 Å². The van der Waals surface area contributed by atoms with E-state index in [-0.39, 0.29) is 36.0 Å². The molecule has 19 heteroatoms. The minimum absolute atomic E-state index is 0.117. The predicted octanol–water partition coefficient (Wildman–Crippen LogP) is 4.58. The molecule has 0 aromatic carbocycles. The number of hydrogen-bond acceptors (Lipinski definition) is 16. The number of carbonyl (C=O) groups excluding carboxylic acids is 2. The first-order chi connectivity index (χ1) is 20.7. The third kappa shape index (κ3) is 8.98. The maximum Gasteiger partial charge on any atom is 0.510 e. The summed E-state index contributed by atoms with van der Waals surface area (Å²) in [6.45, 7) is 11.3. The number of ether oxygens (including phenoxy) is 6. The summed E-state index contributed by atoms with van der Waals surface area (Å²) in [5, 5.41) is 0. The highest BCUT2D eigenvalue weighted by molar-refractivity contribution is 7.48. The highest BCUT2D eigenvalue weighted by Gasteiger charge is 2.51. The van der Waals surface area contributed by atoms with E-state index in [0.29, 0.717) is 5.57 Å². The molecule has 0 spiro atoms. The lowest BCUT2D eigenvalue weighted by Gasteiger charge is -2.30. The Morgan fingerprint density at radius 2 is 1.73 bits per heavy atom. The molecule has 1 fully saturated rings. The van der Waals surface area contributed by atoms with Crippen LogP contribution in [0.3, 0.4) is 0 Å². The second-order valence-electron chi connectivity index (χ2n) is 9.98. The van der Waals surface area contributed by atoms with Gasteiger partial charge in [-0.15, -0.1) is 0 Å². The first-order valence-corrected chi connectivity index (χ1v) is 15.0. The van der Waals surface area contributed by atoms with Crippen molar-refractivity contribution in [2.75, 3.05) is 32.5 Å². The fraction of sp³-hybridized carbons (Fsp3) is 0.640. The first kappa shape index (κ1) is 34.9. The van der Waals surface area contributed by atoms with Gasteiger partial charge in [0.15, 0.2) is 17.4 Å². The van der Waals surface area contributed by atoms with Crippen molar-refractivity contribution in [3.63, 3.8) is 0 Å². The van der Waals surface area contributed by atoms with Gasteiger partial charge in [0.1, 0.15) is 11.8 Å². The van der Waals surface area contributed by atoms with Crippen LogP contribution in [0.15, 0.2) is 18.5 Å². The molecule has 2 aromatic rings. The molecule has 1 aliphatic heterocycles. The summed E-state index contributed by atoms with van der Waals surface area (Å²) in [5.41, 5.74) is 4.95. The van der Waals surface area contributed by atoms with E-state index in [1.165, 1.54) is 10.9 Å². The number of carbonyl (C=O) groups is 2. The third-order valence-electron chi connectivity index (χ3n) is 5.82. The van der Waals surface area contributed by atoms with E-state index in [1.807, 2.05) is 0 Å². The van der Waals surface area contributed by atoms with Crippen LogP contribution in [0.5, 0.6) is 5.88 Å². The normalized spacial score (nSPS) is 20.2. The Kier molecular flexibility index (Phi) is 11.9. The number of imidazole rings is 1. The average Bonchev–Trinajstić information content (AvgIpc) is 3.48. The maximum absolute atomic E-state index is 15.6. The Bertz CT molecular complexity index is 1340. The molecule has 0 amide bonds. The number of phosphoric ester groups is 1. The smallest absolute Gasteiger partial charge is 0.476 e. The van der Waals surface area contributed by atoms with E-state index in [1.54, 1.807) is 41.5 Å². The Balaban J connectivity index is 1.79. The summed E-state index contributed by atoms with van der Waals surface area (Å²) in [5.74, 6) is -0.00860. The number of phosphoric acid groups is 1. The van der Waals surface area contributed by atoms with Gasteiger partial charge in [0, 0.05) is 6.42 Å². The summed E-state index contributed by atoms with van der Waals surface area (Å²) < 4.78 is 76.8. The number of fused-ring (bicyclic) bond motifs is 1. The number of halogens is 1. The van der Waals surface area contributed by atoms with Crippen molar-refractivity contribution < 1.29 is 60.5 Å². The third-order valence-corrected chi connectivity index (χ3v) is 7.10. The van der Waals surface area contributed by atoms with Crippen LogP contribution in [0.4, 0.5) is 19.9 Å². The SMILES string of the molecule is C=C(C)[C@@]1(COP(=O)(OCOC(=O)OC(C)C)OCOC(=O)OC(C)C)C[C@@H](F)[C@H](n2cnc3c(OCC)nc(N)nc32)O1. The number of rotatable bonds is 15. The summed E-state index contributed by atoms with van der Waals surface area (Å²) in [7, 11) is -4.68. The second kappa shape index (κ2) is 14.9. The quantitative estimate of drug-likeness (QED) is 0.121. The van der Waals surface area contributed by atoms with E-state index >= 15 is 4.39 Å². The van der Waals surface area contributed by atoms with Gasteiger partial charge in [0.25, 0.3) is 0 Å². The second-order valence-corrected chi connectivity index (χ2v) is 11.7. The fourth-order valence-corrected chi connectivity index (χ4v) is 4.80. The Labute approximate surface area is 252 Å². The molecule has 0 unspecified atom stereocenters. The molecule has 3 heterocycles. The van der Waals surface area contributed by atoms with Crippen LogP contribution >= 0.6 is 7.82 Å². The van der Waals surface area contributed by atoms with E-state index in [0.717, 1.165) is 0 Å². The minimum Gasteiger partial charge on any atom is -0.476 e. The summed E-state index contributed by atoms with van der Waals surface area (Å²) >= 11 is 0. The van der Waals surface area contributed by atoms with Gasteiger partial charge in [-0.25, -0.2) is 32.6 Å². The fourth-order valence-electron chi connectivity index (χ4n) is 3.85. The topological polar surface area (TPSA) is 204 Å². The standard InChI is InChI=1S/C25H37FN5O12P/c1-8-35-20-18-19(29-22(27)30-20)31(11-28-18)21-17(26)9-25(43-21,14(2)3)10-38-44(34,39-12-36-23(32)41-15(4)5)40-13-37-24(33)42-16(6)7/h11,15-17,21H,2,8-10,12-13H2,1,3-7H3,(H2,27,29,30)/t17-,21-,25+/m1/s1. The molecule has 0 radical (unpaired) electrons. The molecule has 1 saturated heterocycles. The molecule has 3 rings (SSSR count). The van der Waals surface area contributed by atoms with Crippen LogP contribution in [0, 0.1) is 0 Å². The van der Waals surface area contributed by atoms with Crippen LogP contribution in [-0.4, -0.2) is 82.6 Å². The molecule has 0 bridgehead atoms. The minimum atomic E-state index is -4.68. The van der Waals surface area contributed by atoms with Gasteiger partial charge in [-0.05, 0) is 47.1 Å². The maximum atomic E-state index is 15.6. The van der Waals surface area contributed by atoms with Gasteiger partial charge in [0.05, 0.1) is 31.7 Å². The molecular formula is C25H37FN5O12P. The van der Waals surface area contributed by atoms with Crippen molar-refractivity contribution in [1.82, 2.24) is 19.5 Å². The summed E-state index contributed by atoms with van der Waals surface area (Å²) in [6, 6.07) is 0. The lowest BCUT2D eigenvalue weighted by molar-refractivity contribution is -0.0905.